The SMILES string of the molecule is Cc1cc(OCC(=O)N/N=C/c2cccnc2)c(Br)c(C)c1Cl. The molecule has 120 valence electrons. The van der Waals surface area contributed by atoms with Crippen molar-refractivity contribution >= 4 is 39.7 Å². The van der Waals surface area contributed by atoms with Crippen LogP contribution in [0.1, 0.15) is 16.7 Å². The van der Waals surface area contributed by atoms with Crippen LogP contribution in [-0.4, -0.2) is 23.7 Å². The van der Waals surface area contributed by atoms with E-state index in [-0.39, 0.29) is 12.5 Å². The van der Waals surface area contributed by atoms with Gasteiger partial charge in [0, 0.05) is 23.0 Å². The average Bonchev–Trinajstić information content (AvgIpc) is 2.56. The quantitative estimate of drug-likeness (QED) is 0.620. The van der Waals surface area contributed by atoms with Gasteiger partial charge >= 0.3 is 0 Å². The van der Waals surface area contributed by atoms with Crippen molar-refractivity contribution in [1.29, 1.82) is 0 Å². The minimum absolute atomic E-state index is 0.149. The van der Waals surface area contributed by atoms with E-state index in [1.54, 1.807) is 24.5 Å². The van der Waals surface area contributed by atoms with Gasteiger partial charge in [0.05, 0.1) is 10.7 Å². The largest absolute Gasteiger partial charge is 0.483 e. The Kier molecular flexibility index (Phi) is 6.12. The van der Waals surface area contributed by atoms with Gasteiger partial charge in [-0.25, -0.2) is 5.43 Å². The maximum absolute atomic E-state index is 11.7. The van der Waals surface area contributed by atoms with Gasteiger partial charge in [-0.05, 0) is 53.0 Å². The Balaban J connectivity index is 1.91. The van der Waals surface area contributed by atoms with Gasteiger partial charge in [0.15, 0.2) is 6.61 Å². The third-order valence-corrected chi connectivity index (χ3v) is 4.58. The molecule has 2 rings (SSSR count). The Bertz CT molecular complexity index is 736. The van der Waals surface area contributed by atoms with Crippen LogP contribution in [0.15, 0.2) is 40.2 Å². The lowest BCUT2D eigenvalue weighted by Crippen LogP contribution is -2.24. The molecule has 0 aliphatic heterocycles. The fourth-order valence-corrected chi connectivity index (χ4v) is 2.50. The van der Waals surface area contributed by atoms with Crippen LogP contribution in [0.4, 0.5) is 0 Å². The number of aromatic nitrogens is 1. The number of hydrogen-bond acceptors (Lipinski definition) is 4. The zero-order valence-corrected chi connectivity index (χ0v) is 15.0. The first kappa shape index (κ1) is 17.4. The molecule has 1 N–H and O–H groups in total. The second-order valence-electron chi connectivity index (χ2n) is 4.81. The van der Waals surface area contributed by atoms with Crippen molar-refractivity contribution in [2.24, 2.45) is 5.10 Å². The number of rotatable bonds is 5. The molecule has 0 bridgehead atoms. The predicted octanol–water partition coefficient (Wildman–Crippen LogP) is 3.64. The third-order valence-electron chi connectivity index (χ3n) is 3.01. The monoisotopic (exact) mass is 395 g/mol. The first-order chi connectivity index (χ1) is 11.0. The first-order valence-electron chi connectivity index (χ1n) is 6.79. The Morgan fingerprint density at radius 1 is 1.52 bits per heavy atom. The zero-order chi connectivity index (χ0) is 16.8. The molecule has 0 aliphatic carbocycles. The highest BCUT2D eigenvalue weighted by Gasteiger charge is 2.12. The average molecular weight is 397 g/mol. The van der Waals surface area contributed by atoms with E-state index in [1.165, 1.54) is 6.21 Å². The van der Waals surface area contributed by atoms with E-state index in [0.717, 1.165) is 21.2 Å². The standard InChI is InChI=1S/C16H15BrClN3O2/c1-10-6-13(15(17)11(2)16(10)18)23-9-14(22)21-20-8-12-4-3-5-19-7-12/h3-8H,9H2,1-2H3,(H,21,22)/b20-8+. The van der Waals surface area contributed by atoms with E-state index in [4.69, 9.17) is 16.3 Å². The summed E-state index contributed by atoms with van der Waals surface area (Å²) in [5, 5.41) is 4.52. The van der Waals surface area contributed by atoms with Crippen molar-refractivity contribution in [3.05, 3.63) is 56.8 Å². The second-order valence-corrected chi connectivity index (χ2v) is 5.98. The van der Waals surface area contributed by atoms with Crippen LogP contribution in [0.25, 0.3) is 0 Å². The Morgan fingerprint density at radius 3 is 3.00 bits per heavy atom. The Hall–Kier alpha value is -1.92. The summed E-state index contributed by atoms with van der Waals surface area (Å²) in [4.78, 5) is 15.7. The van der Waals surface area contributed by atoms with Gasteiger partial charge in [-0.15, -0.1) is 0 Å². The van der Waals surface area contributed by atoms with Gasteiger partial charge in [0.25, 0.3) is 5.91 Å². The van der Waals surface area contributed by atoms with E-state index < -0.39 is 0 Å². The van der Waals surface area contributed by atoms with Crippen LogP contribution in [0, 0.1) is 13.8 Å². The molecule has 0 radical (unpaired) electrons. The van der Waals surface area contributed by atoms with Gasteiger partial charge in [0.1, 0.15) is 5.75 Å². The normalized spacial score (nSPS) is 10.8. The molecule has 0 spiro atoms. The van der Waals surface area contributed by atoms with E-state index in [0.29, 0.717) is 10.8 Å². The van der Waals surface area contributed by atoms with Crippen molar-refractivity contribution in [2.75, 3.05) is 6.61 Å². The maximum atomic E-state index is 11.7. The second kappa shape index (κ2) is 8.08. The van der Waals surface area contributed by atoms with E-state index in [1.807, 2.05) is 19.9 Å². The number of nitrogens with zero attached hydrogens (tertiary/aromatic N) is 2. The highest BCUT2D eigenvalue weighted by molar-refractivity contribution is 9.10. The molecule has 1 aromatic heterocycles. The highest BCUT2D eigenvalue weighted by atomic mass is 79.9. The van der Waals surface area contributed by atoms with E-state index in [9.17, 15) is 4.79 Å². The summed E-state index contributed by atoms with van der Waals surface area (Å²) >= 11 is 9.58. The molecule has 2 aromatic rings. The third kappa shape index (κ3) is 4.77. The molecular weight excluding hydrogens is 382 g/mol. The minimum atomic E-state index is -0.359. The molecule has 5 nitrogen and oxygen atoms in total. The molecule has 0 fully saturated rings. The molecule has 1 aromatic carbocycles. The number of nitrogens with one attached hydrogen (secondary N) is 1. The van der Waals surface area contributed by atoms with Crippen molar-refractivity contribution in [1.82, 2.24) is 10.4 Å². The molecule has 7 heteroatoms. The van der Waals surface area contributed by atoms with Crippen LogP contribution in [0.3, 0.4) is 0 Å². The number of hydrazone groups is 1. The molecule has 1 heterocycles. The molecule has 23 heavy (non-hydrogen) atoms. The minimum Gasteiger partial charge on any atom is -0.483 e. The van der Waals surface area contributed by atoms with Crippen molar-refractivity contribution in [3.63, 3.8) is 0 Å². The smallest absolute Gasteiger partial charge is 0.277 e. The summed E-state index contributed by atoms with van der Waals surface area (Å²) in [6.45, 7) is 3.61. The van der Waals surface area contributed by atoms with Crippen LogP contribution in [-0.2, 0) is 4.79 Å². The summed E-state index contributed by atoms with van der Waals surface area (Å²) < 4.78 is 6.25. The lowest BCUT2D eigenvalue weighted by Gasteiger charge is -2.12. The number of ether oxygens (including phenoxy) is 1. The molecule has 0 atom stereocenters. The summed E-state index contributed by atoms with van der Waals surface area (Å²) in [6, 6.07) is 5.40. The summed E-state index contributed by atoms with van der Waals surface area (Å²) in [5.41, 5.74) is 4.95. The van der Waals surface area contributed by atoms with Gasteiger partial charge in [0.2, 0.25) is 0 Å². The lowest BCUT2D eigenvalue weighted by atomic mass is 10.1. The van der Waals surface area contributed by atoms with Crippen LogP contribution in [0.2, 0.25) is 5.02 Å². The van der Waals surface area contributed by atoms with Gasteiger partial charge < -0.3 is 4.74 Å². The Labute approximate surface area is 147 Å². The molecule has 0 aliphatic rings. The number of carbonyl (C=O) groups is 1. The van der Waals surface area contributed by atoms with Gasteiger partial charge in [-0.1, -0.05) is 17.7 Å². The Morgan fingerprint density at radius 2 is 2.30 bits per heavy atom. The number of amides is 1. The predicted molar refractivity (Wildman–Crippen MR) is 94.1 cm³/mol. The van der Waals surface area contributed by atoms with Crippen molar-refractivity contribution in [3.8, 4) is 5.75 Å². The molecule has 0 saturated heterocycles. The number of carbonyl (C=O) groups excluding carboxylic acids is 1. The van der Waals surface area contributed by atoms with Crippen LogP contribution < -0.4 is 10.2 Å². The first-order valence-corrected chi connectivity index (χ1v) is 7.96. The van der Waals surface area contributed by atoms with Gasteiger partial charge in [-0.3, -0.25) is 9.78 Å². The maximum Gasteiger partial charge on any atom is 0.277 e. The molecule has 0 saturated carbocycles. The summed E-state index contributed by atoms with van der Waals surface area (Å²) in [6.07, 6.45) is 4.82. The number of aryl methyl sites for hydroxylation is 1. The lowest BCUT2D eigenvalue weighted by molar-refractivity contribution is -0.123. The molecule has 1 amide bonds. The number of benzene rings is 1. The van der Waals surface area contributed by atoms with Crippen LogP contribution in [0.5, 0.6) is 5.75 Å². The fourth-order valence-electron chi connectivity index (χ4n) is 1.81. The fraction of sp³-hybridized carbons (Fsp3) is 0.188. The summed E-state index contributed by atoms with van der Waals surface area (Å²) in [5.74, 6) is 0.207. The number of pyridine rings is 1. The number of halogens is 2. The molecular formula is C16H15BrClN3O2. The number of hydrogen-bond donors (Lipinski definition) is 1. The zero-order valence-electron chi connectivity index (χ0n) is 12.6. The highest BCUT2D eigenvalue weighted by Crippen LogP contribution is 2.35. The van der Waals surface area contributed by atoms with Crippen molar-refractivity contribution in [2.45, 2.75) is 13.8 Å². The van der Waals surface area contributed by atoms with Crippen molar-refractivity contribution < 1.29 is 9.53 Å². The van der Waals surface area contributed by atoms with E-state index >= 15 is 0 Å². The topological polar surface area (TPSA) is 63.6 Å². The van der Waals surface area contributed by atoms with E-state index in [2.05, 4.69) is 31.4 Å². The molecule has 0 unspecified atom stereocenters. The van der Waals surface area contributed by atoms with Gasteiger partial charge in [-0.2, -0.15) is 5.10 Å². The van der Waals surface area contributed by atoms with Crippen LogP contribution >= 0.6 is 27.5 Å². The summed E-state index contributed by atoms with van der Waals surface area (Å²) in [7, 11) is 0.